The number of anilines is 1. The largest absolute Gasteiger partial charge is 0.322 e. The van der Waals surface area contributed by atoms with E-state index in [0.717, 1.165) is 20.8 Å². The molecule has 1 N–H and O–H groups in total. The lowest BCUT2D eigenvalue weighted by Crippen LogP contribution is -2.22. The molecule has 32 heavy (non-hydrogen) atoms. The molecule has 0 spiro atoms. The van der Waals surface area contributed by atoms with Crippen LogP contribution in [0.1, 0.15) is 10.4 Å². The predicted molar refractivity (Wildman–Crippen MR) is 127 cm³/mol. The van der Waals surface area contributed by atoms with Gasteiger partial charge in [0.25, 0.3) is 5.91 Å². The molecule has 4 rings (SSSR count). The Morgan fingerprint density at radius 2 is 1.69 bits per heavy atom. The molecule has 0 unspecified atom stereocenters. The van der Waals surface area contributed by atoms with Gasteiger partial charge in [-0.05, 0) is 53.9 Å². The van der Waals surface area contributed by atoms with Crippen molar-refractivity contribution in [1.29, 1.82) is 0 Å². The van der Waals surface area contributed by atoms with Gasteiger partial charge in [-0.2, -0.15) is 0 Å². The first kappa shape index (κ1) is 22.0. The highest BCUT2D eigenvalue weighted by Gasteiger charge is 2.18. The van der Waals surface area contributed by atoms with E-state index in [0.29, 0.717) is 21.8 Å². The SMILES string of the molecule is CN(C)S(=O)(=O)c1ccc(C(=O)Nc2ccc(Cl)c(-c3nccc4ccccc34)c2)cc1. The fourth-order valence-corrected chi connectivity index (χ4v) is 4.42. The first-order valence-electron chi connectivity index (χ1n) is 9.75. The third kappa shape index (κ3) is 4.23. The van der Waals surface area contributed by atoms with E-state index < -0.39 is 10.0 Å². The van der Waals surface area contributed by atoms with Crippen LogP contribution in [0.4, 0.5) is 5.69 Å². The van der Waals surface area contributed by atoms with Gasteiger partial charge >= 0.3 is 0 Å². The van der Waals surface area contributed by atoms with Gasteiger partial charge in [0.1, 0.15) is 0 Å². The van der Waals surface area contributed by atoms with Crippen molar-refractivity contribution >= 4 is 44.0 Å². The summed E-state index contributed by atoms with van der Waals surface area (Å²) >= 11 is 6.46. The van der Waals surface area contributed by atoms with Crippen LogP contribution >= 0.6 is 11.6 Å². The molecular formula is C24H20ClN3O3S. The standard InChI is InChI=1S/C24H20ClN3O3S/c1-28(2)32(30,31)19-10-7-17(8-11-19)24(29)27-18-9-12-22(25)21(15-18)23-20-6-4-3-5-16(20)13-14-26-23/h3-15H,1-2H3,(H,27,29). The number of aromatic nitrogens is 1. The zero-order valence-corrected chi connectivity index (χ0v) is 19.0. The summed E-state index contributed by atoms with van der Waals surface area (Å²) in [4.78, 5) is 17.4. The maximum absolute atomic E-state index is 12.7. The number of carbonyl (C=O) groups is 1. The average Bonchev–Trinajstić information content (AvgIpc) is 2.80. The van der Waals surface area contributed by atoms with Crippen LogP contribution in [0.2, 0.25) is 5.02 Å². The Morgan fingerprint density at radius 1 is 0.969 bits per heavy atom. The maximum atomic E-state index is 12.7. The van der Waals surface area contributed by atoms with E-state index >= 15 is 0 Å². The van der Waals surface area contributed by atoms with E-state index in [1.54, 1.807) is 24.4 Å². The second-order valence-electron chi connectivity index (χ2n) is 7.34. The highest BCUT2D eigenvalue weighted by atomic mass is 35.5. The number of fused-ring (bicyclic) bond motifs is 1. The summed E-state index contributed by atoms with van der Waals surface area (Å²) in [6, 6.07) is 20.8. The van der Waals surface area contributed by atoms with E-state index in [1.807, 2.05) is 30.3 Å². The van der Waals surface area contributed by atoms with Crippen molar-refractivity contribution in [2.24, 2.45) is 0 Å². The molecule has 0 fully saturated rings. The first-order chi connectivity index (χ1) is 15.3. The maximum Gasteiger partial charge on any atom is 0.255 e. The molecule has 162 valence electrons. The molecule has 1 heterocycles. The molecule has 0 saturated heterocycles. The van der Waals surface area contributed by atoms with Gasteiger partial charge in [0.15, 0.2) is 0 Å². The van der Waals surface area contributed by atoms with E-state index in [1.165, 1.54) is 38.4 Å². The number of halogens is 1. The van der Waals surface area contributed by atoms with E-state index in [4.69, 9.17) is 11.6 Å². The first-order valence-corrected chi connectivity index (χ1v) is 11.6. The highest BCUT2D eigenvalue weighted by Crippen LogP contribution is 2.33. The van der Waals surface area contributed by atoms with Crippen LogP contribution in [-0.2, 0) is 10.0 Å². The summed E-state index contributed by atoms with van der Waals surface area (Å²) in [6.45, 7) is 0. The van der Waals surface area contributed by atoms with E-state index in [-0.39, 0.29) is 10.8 Å². The molecule has 6 nitrogen and oxygen atoms in total. The van der Waals surface area contributed by atoms with Crippen molar-refractivity contribution in [2.45, 2.75) is 4.90 Å². The molecule has 0 bridgehead atoms. The van der Waals surface area contributed by atoms with Gasteiger partial charge < -0.3 is 5.32 Å². The van der Waals surface area contributed by atoms with Crippen LogP contribution in [0.25, 0.3) is 22.0 Å². The Kier molecular flexibility index (Phi) is 5.97. The van der Waals surface area contributed by atoms with Gasteiger partial charge in [-0.1, -0.05) is 35.9 Å². The minimum Gasteiger partial charge on any atom is -0.322 e. The van der Waals surface area contributed by atoms with Gasteiger partial charge in [0.05, 0.1) is 15.6 Å². The van der Waals surface area contributed by atoms with Crippen LogP contribution in [0, 0.1) is 0 Å². The van der Waals surface area contributed by atoms with Gasteiger partial charge in [0, 0.05) is 42.5 Å². The molecule has 0 aliphatic heterocycles. The number of nitrogens with one attached hydrogen (secondary N) is 1. The molecule has 0 atom stereocenters. The smallest absolute Gasteiger partial charge is 0.255 e. The molecule has 1 aromatic heterocycles. The Morgan fingerprint density at radius 3 is 2.41 bits per heavy atom. The number of nitrogens with zero attached hydrogens (tertiary/aromatic N) is 2. The summed E-state index contributed by atoms with van der Waals surface area (Å²) in [6.07, 6.45) is 1.72. The Labute approximate surface area is 191 Å². The van der Waals surface area contributed by atoms with Gasteiger partial charge in [-0.15, -0.1) is 0 Å². The summed E-state index contributed by atoms with van der Waals surface area (Å²) in [5.41, 5.74) is 2.31. The lowest BCUT2D eigenvalue weighted by atomic mass is 10.0. The fourth-order valence-electron chi connectivity index (χ4n) is 3.31. The third-order valence-electron chi connectivity index (χ3n) is 5.05. The second-order valence-corrected chi connectivity index (χ2v) is 9.90. The number of carbonyl (C=O) groups excluding carboxylic acids is 1. The summed E-state index contributed by atoms with van der Waals surface area (Å²) in [5.74, 6) is -0.363. The zero-order chi connectivity index (χ0) is 22.9. The fraction of sp³-hybridized carbons (Fsp3) is 0.0833. The monoisotopic (exact) mass is 465 g/mol. The van der Waals surface area contributed by atoms with Crippen molar-refractivity contribution in [3.63, 3.8) is 0 Å². The molecule has 0 radical (unpaired) electrons. The van der Waals surface area contributed by atoms with Crippen LogP contribution in [0.15, 0.2) is 83.9 Å². The van der Waals surface area contributed by atoms with Crippen molar-refractivity contribution in [3.8, 4) is 11.3 Å². The number of benzene rings is 3. The van der Waals surface area contributed by atoms with Crippen LogP contribution in [0.3, 0.4) is 0 Å². The number of pyridine rings is 1. The quantitative estimate of drug-likeness (QED) is 0.447. The minimum atomic E-state index is -3.56. The summed E-state index contributed by atoms with van der Waals surface area (Å²) < 4.78 is 25.5. The Balaban J connectivity index is 1.63. The van der Waals surface area contributed by atoms with Gasteiger partial charge in [-0.25, -0.2) is 12.7 Å². The number of hydrogen-bond acceptors (Lipinski definition) is 4. The van der Waals surface area contributed by atoms with Crippen molar-refractivity contribution in [3.05, 3.63) is 89.6 Å². The van der Waals surface area contributed by atoms with Crippen LogP contribution < -0.4 is 5.32 Å². The normalized spacial score (nSPS) is 11.6. The average molecular weight is 466 g/mol. The topological polar surface area (TPSA) is 79.4 Å². The van der Waals surface area contributed by atoms with Gasteiger partial charge in [-0.3, -0.25) is 9.78 Å². The number of sulfonamides is 1. The van der Waals surface area contributed by atoms with Crippen LogP contribution in [0.5, 0.6) is 0 Å². The molecule has 0 saturated carbocycles. The lowest BCUT2D eigenvalue weighted by Gasteiger charge is -2.12. The third-order valence-corrected chi connectivity index (χ3v) is 7.21. The van der Waals surface area contributed by atoms with Crippen molar-refractivity contribution in [2.75, 3.05) is 19.4 Å². The highest BCUT2D eigenvalue weighted by molar-refractivity contribution is 7.89. The van der Waals surface area contributed by atoms with Gasteiger partial charge in [0.2, 0.25) is 10.0 Å². The molecule has 4 aromatic rings. The van der Waals surface area contributed by atoms with E-state index in [9.17, 15) is 13.2 Å². The molecule has 0 aliphatic rings. The molecule has 8 heteroatoms. The number of amides is 1. The van der Waals surface area contributed by atoms with Crippen molar-refractivity contribution < 1.29 is 13.2 Å². The number of rotatable bonds is 5. The van der Waals surface area contributed by atoms with Crippen LogP contribution in [-0.4, -0.2) is 37.7 Å². The molecule has 3 aromatic carbocycles. The van der Waals surface area contributed by atoms with Crippen molar-refractivity contribution in [1.82, 2.24) is 9.29 Å². The molecular weight excluding hydrogens is 446 g/mol. The van der Waals surface area contributed by atoms with E-state index in [2.05, 4.69) is 10.3 Å². The molecule has 1 amide bonds. The Bertz CT molecular complexity index is 1410. The minimum absolute atomic E-state index is 0.120. The predicted octanol–water partition coefficient (Wildman–Crippen LogP) is 5.06. The Hall–Kier alpha value is -3.26. The lowest BCUT2D eigenvalue weighted by molar-refractivity contribution is 0.102. The summed E-state index contributed by atoms with van der Waals surface area (Å²) in [5, 5.41) is 5.35. The zero-order valence-electron chi connectivity index (χ0n) is 17.4. The molecule has 0 aliphatic carbocycles. The number of hydrogen-bond donors (Lipinski definition) is 1. The summed E-state index contributed by atoms with van der Waals surface area (Å²) in [7, 11) is -0.643. The second kappa shape index (κ2) is 8.70.